The van der Waals surface area contributed by atoms with Gasteiger partial charge in [0.25, 0.3) is 0 Å². The monoisotopic (exact) mass is 480 g/mol. The molecular formula is C23H45O8P. The van der Waals surface area contributed by atoms with E-state index in [-0.39, 0.29) is 19.4 Å². The summed E-state index contributed by atoms with van der Waals surface area (Å²) in [6.07, 6.45) is 11.9. The first-order valence-electron chi connectivity index (χ1n) is 12.2. The molecule has 0 aromatic heterocycles. The summed E-state index contributed by atoms with van der Waals surface area (Å²) in [4.78, 5) is 41.8. The molecule has 0 spiro atoms. The Hall–Kier alpha value is -0.950. The molecule has 0 saturated heterocycles. The highest BCUT2D eigenvalue weighted by Crippen LogP contribution is 2.35. The second-order valence-corrected chi connectivity index (χ2v) is 10.0. The highest BCUT2D eigenvalue weighted by atomic mass is 31.2. The summed E-state index contributed by atoms with van der Waals surface area (Å²) >= 11 is 0. The Morgan fingerprint density at radius 1 is 0.781 bits per heavy atom. The van der Waals surface area contributed by atoms with E-state index in [0.717, 1.165) is 57.3 Å². The van der Waals surface area contributed by atoms with Crippen molar-refractivity contribution >= 4 is 19.8 Å². The molecule has 0 fully saturated rings. The smallest absolute Gasteiger partial charge is 0.462 e. The fraction of sp³-hybridized carbons (Fsp3) is 0.913. The van der Waals surface area contributed by atoms with Gasteiger partial charge in [0.1, 0.15) is 6.61 Å². The van der Waals surface area contributed by atoms with Crippen LogP contribution in [0, 0.1) is 5.92 Å². The van der Waals surface area contributed by atoms with Gasteiger partial charge in [-0.3, -0.25) is 14.1 Å². The van der Waals surface area contributed by atoms with Gasteiger partial charge in [-0.05, 0) is 18.8 Å². The van der Waals surface area contributed by atoms with Crippen LogP contribution in [0.5, 0.6) is 0 Å². The molecule has 0 amide bonds. The van der Waals surface area contributed by atoms with Gasteiger partial charge in [0.15, 0.2) is 6.10 Å². The first-order chi connectivity index (χ1) is 15.1. The lowest BCUT2D eigenvalue weighted by Gasteiger charge is -2.18. The van der Waals surface area contributed by atoms with Crippen molar-refractivity contribution in [1.29, 1.82) is 0 Å². The quantitative estimate of drug-likeness (QED) is 0.122. The van der Waals surface area contributed by atoms with Gasteiger partial charge in [-0.1, -0.05) is 85.0 Å². The second-order valence-electron chi connectivity index (χ2n) is 8.80. The summed E-state index contributed by atoms with van der Waals surface area (Å²) in [6, 6.07) is 0. The van der Waals surface area contributed by atoms with Crippen LogP contribution >= 0.6 is 7.82 Å². The first kappa shape index (κ1) is 31.0. The molecule has 1 atom stereocenters. The maximum atomic E-state index is 12.1. The number of ether oxygens (including phenoxy) is 2. The summed E-state index contributed by atoms with van der Waals surface area (Å²) in [5.74, 6) is -0.173. The van der Waals surface area contributed by atoms with Crippen molar-refractivity contribution in [3.05, 3.63) is 0 Å². The average molecular weight is 481 g/mol. The minimum Gasteiger partial charge on any atom is -0.462 e. The van der Waals surface area contributed by atoms with Gasteiger partial charge in [0.05, 0.1) is 6.61 Å². The van der Waals surface area contributed by atoms with Crippen LogP contribution in [0.2, 0.25) is 0 Å². The molecule has 190 valence electrons. The topological polar surface area (TPSA) is 119 Å². The van der Waals surface area contributed by atoms with E-state index >= 15 is 0 Å². The molecule has 9 heteroatoms. The minimum atomic E-state index is -4.72. The van der Waals surface area contributed by atoms with E-state index in [0.29, 0.717) is 6.42 Å². The molecule has 0 aromatic rings. The van der Waals surface area contributed by atoms with E-state index in [9.17, 15) is 14.2 Å². The molecule has 0 radical (unpaired) electrons. The van der Waals surface area contributed by atoms with Crippen LogP contribution in [0.25, 0.3) is 0 Å². The molecule has 0 aliphatic rings. The molecule has 8 nitrogen and oxygen atoms in total. The fourth-order valence-corrected chi connectivity index (χ4v) is 3.56. The van der Waals surface area contributed by atoms with Crippen LogP contribution in [0.3, 0.4) is 0 Å². The number of phosphoric acid groups is 1. The molecule has 0 unspecified atom stereocenters. The van der Waals surface area contributed by atoms with Crippen molar-refractivity contribution < 1.29 is 37.9 Å². The van der Waals surface area contributed by atoms with Crippen LogP contribution in [-0.4, -0.2) is 41.0 Å². The number of carbonyl (C=O) groups is 2. The van der Waals surface area contributed by atoms with Gasteiger partial charge in [-0.25, -0.2) is 4.57 Å². The normalized spacial score (nSPS) is 12.7. The van der Waals surface area contributed by atoms with Gasteiger partial charge in [-0.2, -0.15) is 0 Å². The van der Waals surface area contributed by atoms with E-state index in [1.165, 1.54) is 19.3 Å². The zero-order valence-electron chi connectivity index (χ0n) is 20.3. The van der Waals surface area contributed by atoms with Crippen molar-refractivity contribution in [2.24, 2.45) is 5.92 Å². The van der Waals surface area contributed by atoms with E-state index < -0.39 is 32.5 Å². The van der Waals surface area contributed by atoms with Gasteiger partial charge < -0.3 is 19.3 Å². The van der Waals surface area contributed by atoms with Crippen LogP contribution in [0.15, 0.2) is 0 Å². The summed E-state index contributed by atoms with van der Waals surface area (Å²) in [5, 5.41) is 0. The van der Waals surface area contributed by atoms with E-state index in [2.05, 4.69) is 25.3 Å². The van der Waals surface area contributed by atoms with Crippen LogP contribution < -0.4 is 0 Å². The third kappa shape index (κ3) is 22.3. The van der Waals surface area contributed by atoms with Crippen molar-refractivity contribution in [3.8, 4) is 0 Å². The second kappa shape index (κ2) is 19.5. The lowest BCUT2D eigenvalue weighted by Crippen LogP contribution is -2.29. The van der Waals surface area contributed by atoms with Gasteiger partial charge >= 0.3 is 19.8 Å². The third-order valence-corrected chi connectivity index (χ3v) is 5.54. The molecule has 0 saturated carbocycles. The predicted octanol–water partition coefficient (Wildman–Crippen LogP) is 5.69. The van der Waals surface area contributed by atoms with Crippen LogP contribution in [0.4, 0.5) is 0 Å². The third-order valence-electron chi connectivity index (χ3n) is 5.05. The van der Waals surface area contributed by atoms with Gasteiger partial charge in [0, 0.05) is 12.8 Å². The summed E-state index contributed by atoms with van der Waals surface area (Å²) in [5.41, 5.74) is 0. The highest BCUT2D eigenvalue weighted by Gasteiger charge is 2.22. The number of esters is 2. The fourth-order valence-electron chi connectivity index (χ4n) is 3.20. The predicted molar refractivity (Wildman–Crippen MR) is 124 cm³/mol. The number of unbranched alkanes of at least 4 members (excludes halogenated alkanes) is 9. The van der Waals surface area contributed by atoms with Gasteiger partial charge in [-0.15, -0.1) is 0 Å². The van der Waals surface area contributed by atoms with E-state index in [1.807, 2.05) is 0 Å². The highest BCUT2D eigenvalue weighted by molar-refractivity contribution is 7.46. The molecule has 0 rings (SSSR count). The van der Waals surface area contributed by atoms with Crippen LogP contribution in [-0.2, 0) is 28.2 Å². The Bertz CT molecular complexity index is 532. The number of hydrogen-bond acceptors (Lipinski definition) is 6. The lowest BCUT2D eigenvalue weighted by molar-refractivity contribution is -0.161. The average Bonchev–Trinajstić information content (AvgIpc) is 2.71. The Balaban J connectivity index is 4.17. The molecule has 0 heterocycles. The summed E-state index contributed by atoms with van der Waals surface area (Å²) in [7, 11) is -4.72. The molecule has 0 bridgehead atoms. The Labute approximate surface area is 194 Å². The summed E-state index contributed by atoms with van der Waals surface area (Å²) < 4.78 is 25.8. The first-order valence-corrected chi connectivity index (χ1v) is 13.7. The number of carbonyl (C=O) groups excluding carboxylic acids is 2. The molecule has 2 N–H and O–H groups in total. The molecular weight excluding hydrogens is 435 g/mol. The standard InChI is InChI=1S/C23H45O8P/c1-4-5-6-9-13-16-22(24)29-18-21(19-30-32(26,27)28)31-23(25)17-14-11-8-7-10-12-15-20(2)3/h20-21H,4-19H2,1-3H3,(H2,26,27,28)/t21-/m1/s1. The lowest BCUT2D eigenvalue weighted by atomic mass is 10.0. The Kier molecular flexibility index (Phi) is 18.9. The van der Waals surface area contributed by atoms with E-state index in [4.69, 9.17) is 19.3 Å². The van der Waals surface area contributed by atoms with Gasteiger partial charge in [0.2, 0.25) is 0 Å². The largest absolute Gasteiger partial charge is 0.469 e. The Morgan fingerprint density at radius 2 is 1.31 bits per heavy atom. The maximum Gasteiger partial charge on any atom is 0.469 e. The molecule has 32 heavy (non-hydrogen) atoms. The van der Waals surface area contributed by atoms with Crippen molar-refractivity contribution in [1.82, 2.24) is 0 Å². The molecule has 0 aromatic carbocycles. The maximum absolute atomic E-state index is 12.1. The minimum absolute atomic E-state index is 0.212. The SMILES string of the molecule is CCCCCCCC(=O)OC[C@H](COP(=O)(O)O)OC(=O)CCCCCCCCC(C)C. The van der Waals surface area contributed by atoms with Crippen molar-refractivity contribution in [3.63, 3.8) is 0 Å². The number of hydrogen-bond donors (Lipinski definition) is 2. The number of rotatable bonds is 21. The van der Waals surface area contributed by atoms with Crippen molar-refractivity contribution in [2.75, 3.05) is 13.2 Å². The summed E-state index contributed by atoms with van der Waals surface area (Å²) in [6.45, 7) is 5.74. The zero-order valence-corrected chi connectivity index (χ0v) is 21.2. The molecule has 0 aliphatic heterocycles. The zero-order chi connectivity index (χ0) is 24.2. The van der Waals surface area contributed by atoms with Crippen molar-refractivity contribution in [2.45, 2.75) is 117 Å². The van der Waals surface area contributed by atoms with Crippen LogP contribution in [0.1, 0.15) is 111 Å². The molecule has 0 aliphatic carbocycles. The number of phosphoric ester groups is 1. The Morgan fingerprint density at radius 3 is 1.88 bits per heavy atom. The van der Waals surface area contributed by atoms with E-state index in [1.54, 1.807) is 0 Å².